The second-order valence-corrected chi connectivity index (χ2v) is 9.16. The first-order valence-corrected chi connectivity index (χ1v) is 11.0. The van der Waals surface area contributed by atoms with Crippen LogP contribution in [0.2, 0.25) is 10.0 Å². The van der Waals surface area contributed by atoms with Crippen LogP contribution in [0.25, 0.3) is 0 Å². The highest BCUT2D eigenvalue weighted by atomic mass is 35.5. The zero-order valence-electron chi connectivity index (χ0n) is 18.7. The third-order valence-electron chi connectivity index (χ3n) is 5.02. The molecule has 0 spiro atoms. The molecule has 0 aliphatic rings. The Balaban J connectivity index is 2.28. The van der Waals surface area contributed by atoms with E-state index in [1.807, 2.05) is 31.2 Å². The Hall–Kier alpha value is -2.24. The van der Waals surface area contributed by atoms with Crippen molar-refractivity contribution in [2.24, 2.45) is 0 Å². The first-order chi connectivity index (χ1) is 14.6. The summed E-state index contributed by atoms with van der Waals surface area (Å²) in [6.07, 6.45) is 0.464. The molecule has 0 aliphatic heterocycles. The summed E-state index contributed by atoms with van der Waals surface area (Å²) in [5, 5.41) is 3.47. The largest absolute Gasteiger partial charge is 0.483 e. The van der Waals surface area contributed by atoms with Crippen LogP contribution in [-0.2, 0) is 21.5 Å². The standard InChI is InChI=1S/C24H30Cl2N2O3/c1-6-20(23(30)27-5)28(14-16-11-12-18(25)19(26)13-16)22(29)15-31-21-10-8-7-9-17(21)24(2,3)4/h7-13,20H,6,14-15H2,1-5H3,(H,27,30)/t20-/m1/s1. The number of nitrogens with one attached hydrogen (secondary N) is 1. The van der Waals surface area contributed by atoms with E-state index in [2.05, 4.69) is 26.1 Å². The molecule has 31 heavy (non-hydrogen) atoms. The molecule has 5 nitrogen and oxygen atoms in total. The van der Waals surface area contributed by atoms with Crippen LogP contribution >= 0.6 is 23.2 Å². The van der Waals surface area contributed by atoms with E-state index in [1.165, 1.54) is 4.90 Å². The Morgan fingerprint density at radius 1 is 1.10 bits per heavy atom. The van der Waals surface area contributed by atoms with Crippen LogP contribution in [0.3, 0.4) is 0 Å². The second kappa shape index (κ2) is 10.9. The highest BCUT2D eigenvalue weighted by Crippen LogP contribution is 2.31. The maximum atomic E-state index is 13.2. The van der Waals surface area contributed by atoms with Crippen LogP contribution in [0.1, 0.15) is 45.2 Å². The number of benzene rings is 2. The van der Waals surface area contributed by atoms with Gasteiger partial charge in [-0.15, -0.1) is 0 Å². The third-order valence-corrected chi connectivity index (χ3v) is 5.75. The van der Waals surface area contributed by atoms with Gasteiger partial charge in [0.25, 0.3) is 5.91 Å². The van der Waals surface area contributed by atoms with Gasteiger partial charge in [-0.3, -0.25) is 9.59 Å². The number of hydrogen-bond acceptors (Lipinski definition) is 3. The summed E-state index contributed by atoms with van der Waals surface area (Å²) in [4.78, 5) is 27.2. The molecule has 0 aromatic heterocycles. The van der Waals surface area contributed by atoms with Crippen molar-refractivity contribution in [1.29, 1.82) is 0 Å². The molecule has 2 aromatic rings. The lowest BCUT2D eigenvalue weighted by atomic mass is 9.86. The van der Waals surface area contributed by atoms with Crippen molar-refractivity contribution in [1.82, 2.24) is 10.2 Å². The predicted molar refractivity (Wildman–Crippen MR) is 126 cm³/mol. The molecular weight excluding hydrogens is 435 g/mol. The maximum Gasteiger partial charge on any atom is 0.261 e. The first kappa shape index (κ1) is 25.0. The van der Waals surface area contributed by atoms with Crippen molar-refractivity contribution < 1.29 is 14.3 Å². The van der Waals surface area contributed by atoms with Gasteiger partial charge in [-0.1, -0.05) is 75.2 Å². The van der Waals surface area contributed by atoms with E-state index >= 15 is 0 Å². The summed E-state index contributed by atoms with van der Waals surface area (Å²) in [6.45, 7) is 8.17. The number of nitrogens with zero attached hydrogens (tertiary/aromatic N) is 1. The zero-order chi connectivity index (χ0) is 23.2. The van der Waals surface area contributed by atoms with E-state index in [1.54, 1.807) is 25.2 Å². The lowest BCUT2D eigenvalue weighted by Gasteiger charge is -2.30. The van der Waals surface area contributed by atoms with E-state index in [9.17, 15) is 9.59 Å². The number of halogens is 2. The number of likely N-dealkylation sites (N-methyl/N-ethyl adjacent to an activating group) is 1. The van der Waals surface area contributed by atoms with Gasteiger partial charge in [-0.25, -0.2) is 0 Å². The molecule has 0 unspecified atom stereocenters. The van der Waals surface area contributed by atoms with Crippen molar-refractivity contribution >= 4 is 35.0 Å². The smallest absolute Gasteiger partial charge is 0.261 e. The normalized spacial score (nSPS) is 12.2. The van der Waals surface area contributed by atoms with Gasteiger partial charge in [0.2, 0.25) is 5.91 Å². The average Bonchev–Trinajstić information content (AvgIpc) is 2.73. The van der Waals surface area contributed by atoms with Gasteiger partial charge >= 0.3 is 0 Å². The van der Waals surface area contributed by atoms with E-state index in [0.717, 1.165) is 11.1 Å². The van der Waals surface area contributed by atoms with Gasteiger partial charge < -0.3 is 15.0 Å². The topological polar surface area (TPSA) is 58.6 Å². The molecule has 0 bridgehead atoms. The highest BCUT2D eigenvalue weighted by molar-refractivity contribution is 6.42. The van der Waals surface area contributed by atoms with Crippen molar-refractivity contribution in [3.63, 3.8) is 0 Å². The molecule has 1 N–H and O–H groups in total. The van der Waals surface area contributed by atoms with Gasteiger partial charge in [0.15, 0.2) is 6.61 Å². The zero-order valence-corrected chi connectivity index (χ0v) is 20.2. The number of para-hydroxylation sites is 1. The van der Waals surface area contributed by atoms with Crippen LogP contribution in [0.15, 0.2) is 42.5 Å². The van der Waals surface area contributed by atoms with E-state index in [0.29, 0.717) is 22.2 Å². The number of carbonyl (C=O) groups excluding carboxylic acids is 2. The first-order valence-electron chi connectivity index (χ1n) is 10.3. The molecule has 2 rings (SSSR count). The van der Waals surface area contributed by atoms with Crippen LogP contribution in [0, 0.1) is 0 Å². The van der Waals surface area contributed by atoms with Crippen molar-refractivity contribution in [2.45, 2.75) is 52.1 Å². The Labute approximate surface area is 194 Å². The average molecular weight is 465 g/mol. The van der Waals surface area contributed by atoms with Gasteiger partial charge in [0.05, 0.1) is 10.0 Å². The molecule has 0 heterocycles. The van der Waals surface area contributed by atoms with Gasteiger partial charge in [-0.2, -0.15) is 0 Å². The van der Waals surface area contributed by atoms with Crippen LogP contribution < -0.4 is 10.1 Å². The Morgan fingerprint density at radius 3 is 2.35 bits per heavy atom. The lowest BCUT2D eigenvalue weighted by Crippen LogP contribution is -2.49. The number of ether oxygens (including phenoxy) is 1. The number of hydrogen-bond donors (Lipinski definition) is 1. The lowest BCUT2D eigenvalue weighted by molar-refractivity contribution is -0.142. The highest BCUT2D eigenvalue weighted by Gasteiger charge is 2.29. The Kier molecular flexibility index (Phi) is 8.78. The summed E-state index contributed by atoms with van der Waals surface area (Å²) in [5.41, 5.74) is 1.66. The molecule has 0 radical (unpaired) electrons. The van der Waals surface area contributed by atoms with Gasteiger partial charge in [-0.05, 0) is 41.2 Å². The summed E-state index contributed by atoms with van der Waals surface area (Å²) in [7, 11) is 1.56. The molecule has 0 fully saturated rings. The summed E-state index contributed by atoms with van der Waals surface area (Å²) in [6, 6.07) is 12.2. The summed E-state index contributed by atoms with van der Waals surface area (Å²) < 4.78 is 5.92. The minimum Gasteiger partial charge on any atom is -0.483 e. The van der Waals surface area contributed by atoms with Crippen molar-refractivity contribution in [2.75, 3.05) is 13.7 Å². The van der Waals surface area contributed by atoms with Crippen LogP contribution in [-0.4, -0.2) is 36.4 Å². The van der Waals surface area contributed by atoms with E-state index in [-0.39, 0.29) is 30.4 Å². The maximum absolute atomic E-state index is 13.2. The molecule has 0 aliphatic carbocycles. The molecule has 2 amide bonds. The second-order valence-electron chi connectivity index (χ2n) is 8.34. The van der Waals surface area contributed by atoms with E-state index in [4.69, 9.17) is 27.9 Å². The minimum atomic E-state index is -0.631. The predicted octanol–water partition coefficient (Wildman–Crippen LogP) is 5.22. The number of carbonyl (C=O) groups is 2. The third kappa shape index (κ3) is 6.62. The molecule has 0 saturated heterocycles. The molecule has 1 atom stereocenters. The minimum absolute atomic E-state index is 0.132. The van der Waals surface area contributed by atoms with E-state index < -0.39 is 6.04 Å². The number of rotatable bonds is 8. The quantitative estimate of drug-likeness (QED) is 0.582. The van der Waals surface area contributed by atoms with Crippen LogP contribution in [0.5, 0.6) is 5.75 Å². The van der Waals surface area contributed by atoms with Gasteiger partial charge in [0.1, 0.15) is 11.8 Å². The van der Waals surface area contributed by atoms with Crippen molar-refractivity contribution in [3.05, 3.63) is 63.6 Å². The molecule has 168 valence electrons. The molecular formula is C24H30Cl2N2O3. The molecule has 0 saturated carbocycles. The molecule has 7 heteroatoms. The Morgan fingerprint density at radius 2 is 1.77 bits per heavy atom. The summed E-state index contributed by atoms with van der Waals surface area (Å²) in [5.74, 6) is 0.141. The van der Waals surface area contributed by atoms with Crippen LogP contribution in [0.4, 0.5) is 0 Å². The SMILES string of the molecule is CC[C@H](C(=O)NC)N(Cc1ccc(Cl)c(Cl)c1)C(=O)COc1ccccc1C(C)(C)C. The Bertz CT molecular complexity index is 925. The monoisotopic (exact) mass is 464 g/mol. The number of amides is 2. The fourth-order valence-electron chi connectivity index (χ4n) is 3.36. The fraction of sp³-hybridized carbons (Fsp3) is 0.417. The fourth-order valence-corrected chi connectivity index (χ4v) is 3.68. The molecule has 2 aromatic carbocycles. The summed E-state index contributed by atoms with van der Waals surface area (Å²) >= 11 is 12.2. The van der Waals surface area contributed by atoms with Crippen molar-refractivity contribution in [3.8, 4) is 5.75 Å². The van der Waals surface area contributed by atoms with Gasteiger partial charge in [0, 0.05) is 13.6 Å².